The number of hydrogen-bond acceptors (Lipinski definition) is 2. The van der Waals surface area contributed by atoms with Gasteiger partial charge in [0.25, 0.3) is 0 Å². The summed E-state index contributed by atoms with van der Waals surface area (Å²) in [6.45, 7) is 4.05. The number of rotatable bonds is 1. The van der Waals surface area contributed by atoms with Gasteiger partial charge in [0.1, 0.15) is 0 Å². The van der Waals surface area contributed by atoms with Gasteiger partial charge in [0.15, 0.2) is 5.43 Å². The Bertz CT molecular complexity index is 884. The van der Waals surface area contributed by atoms with Crippen molar-refractivity contribution in [2.45, 2.75) is 39.5 Å². The van der Waals surface area contributed by atoms with Crippen LogP contribution in [0.2, 0.25) is 0 Å². The molecular weight excluding hydrogens is 321 g/mol. The van der Waals surface area contributed by atoms with Crippen molar-refractivity contribution >= 4 is 16.8 Å². The Labute approximate surface area is 136 Å². The summed E-state index contributed by atoms with van der Waals surface area (Å²) < 4.78 is 40.0. The van der Waals surface area contributed by atoms with Crippen LogP contribution in [-0.4, -0.2) is 28.1 Å². The molecule has 2 aromatic rings. The van der Waals surface area contributed by atoms with E-state index >= 15 is 0 Å². The summed E-state index contributed by atoms with van der Waals surface area (Å²) >= 11 is 0. The monoisotopic (exact) mass is 338 g/mol. The van der Waals surface area contributed by atoms with E-state index in [-0.39, 0.29) is 24.9 Å². The summed E-state index contributed by atoms with van der Waals surface area (Å²) in [7, 11) is 0. The van der Waals surface area contributed by atoms with Gasteiger partial charge in [-0.15, -0.1) is 0 Å². The molecule has 1 aliphatic rings. The van der Waals surface area contributed by atoms with Crippen LogP contribution in [0.15, 0.2) is 23.0 Å². The normalized spacial score (nSPS) is 14.8. The Morgan fingerprint density at radius 2 is 2.00 bits per heavy atom. The quantitative estimate of drug-likeness (QED) is 0.802. The number of benzene rings is 1. The summed E-state index contributed by atoms with van der Waals surface area (Å²) in [4.78, 5) is 25.0. The smallest absolute Gasteiger partial charge is 0.344 e. The van der Waals surface area contributed by atoms with E-state index in [4.69, 9.17) is 0 Å². The van der Waals surface area contributed by atoms with Gasteiger partial charge in [-0.1, -0.05) is 11.6 Å². The number of aromatic nitrogens is 1. The van der Waals surface area contributed by atoms with Crippen molar-refractivity contribution < 1.29 is 18.0 Å². The first-order chi connectivity index (χ1) is 11.2. The predicted octanol–water partition coefficient (Wildman–Crippen LogP) is 2.78. The van der Waals surface area contributed by atoms with Crippen LogP contribution in [0.4, 0.5) is 13.2 Å². The fourth-order valence-corrected chi connectivity index (χ4v) is 3.34. The molecule has 1 aromatic heterocycles. The van der Waals surface area contributed by atoms with Gasteiger partial charge in [-0.3, -0.25) is 9.59 Å². The van der Waals surface area contributed by atoms with Crippen LogP contribution >= 0.6 is 0 Å². The van der Waals surface area contributed by atoms with Crippen molar-refractivity contribution in [3.63, 3.8) is 0 Å². The molecule has 0 saturated carbocycles. The lowest BCUT2D eigenvalue weighted by Gasteiger charge is -2.31. The third-order valence-electron chi connectivity index (χ3n) is 4.45. The number of alkyl halides is 3. The van der Waals surface area contributed by atoms with E-state index < -0.39 is 12.1 Å². The van der Waals surface area contributed by atoms with Crippen molar-refractivity contribution in [1.29, 1.82) is 0 Å². The van der Waals surface area contributed by atoms with Gasteiger partial charge in [0.2, 0.25) is 0 Å². The van der Waals surface area contributed by atoms with Gasteiger partial charge < -0.3 is 9.47 Å². The molecule has 0 radical (unpaired) electrons. The second-order valence-corrected chi connectivity index (χ2v) is 5.99. The van der Waals surface area contributed by atoms with Gasteiger partial charge in [-0.2, -0.15) is 13.2 Å². The average molecular weight is 338 g/mol. The molecular formula is C17H17F3N2O2. The molecule has 0 bridgehead atoms. The van der Waals surface area contributed by atoms with Crippen LogP contribution in [0.5, 0.6) is 0 Å². The maximum Gasteiger partial charge on any atom is 0.471 e. The van der Waals surface area contributed by atoms with E-state index in [1.54, 1.807) is 6.07 Å². The van der Waals surface area contributed by atoms with Gasteiger partial charge in [0.05, 0.1) is 12.1 Å². The lowest BCUT2D eigenvalue weighted by Crippen LogP contribution is -2.45. The summed E-state index contributed by atoms with van der Waals surface area (Å²) in [5.41, 5.74) is 2.42. The fraction of sp³-hybridized carbons (Fsp3) is 0.412. The van der Waals surface area contributed by atoms with E-state index in [2.05, 4.69) is 0 Å². The molecule has 0 aliphatic carbocycles. The van der Waals surface area contributed by atoms with Crippen LogP contribution in [-0.2, 0) is 24.3 Å². The molecule has 24 heavy (non-hydrogen) atoms. The summed E-state index contributed by atoms with van der Waals surface area (Å²) in [6, 6.07) is 5.51. The number of aryl methyl sites for hydroxylation is 2. The van der Waals surface area contributed by atoms with Crippen LogP contribution < -0.4 is 5.43 Å². The fourth-order valence-electron chi connectivity index (χ4n) is 3.34. The number of nitrogens with zero attached hydrogens (tertiary/aromatic N) is 2. The van der Waals surface area contributed by atoms with Gasteiger partial charge in [-0.25, -0.2) is 0 Å². The van der Waals surface area contributed by atoms with Crippen LogP contribution in [0.25, 0.3) is 10.9 Å². The van der Waals surface area contributed by atoms with Gasteiger partial charge in [0, 0.05) is 36.2 Å². The minimum absolute atomic E-state index is 0.0395. The zero-order valence-corrected chi connectivity index (χ0v) is 13.4. The van der Waals surface area contributed by atoms with Crippen molar-refractivity contribution in [1.82, 2.24) is 9.47 Å². The SMILES string of the molecule is CCn1c2c(c(=O)c3cc(C)ccc31)CN(C(=O)C(F)(F)F)CC2. The summed E-state index contributed by atoms with van der Waals surface area (Å²) in [5, 5.41) is 0.483. The predicted molar refractivity (Wildman–Crippen MR) is 83.8 cm³/mol. The van der Waals surface area contributed by atoms with E-state index in [1.165, 1.54) is 0 Å². The first-order valence-electron chi connectivity index (χ1n) is 7.75. The number of hydrogen-bond donors (Lipinski definition) is 0. The molecule has 2 heterocycles. The summed E-state index contributed by atoms with van der Waals surface area (Å²) in [6.07, 6.45) is -4.68. The van der Waals surface area contributed by atoms with Crippen molar-refractivity contribution in [3.05, 3.63) is 45.2 Å². The third kappa shape index (κ3) is 2.57. The number of pyridine rings is 1. The molecule has 0 N–H and O–H groups in total. The second-order valence-electron chi connectivity index (χ2n) is 5.99. The standard InChI is InChI=1S/C17H17F3N2O2/c1-3-22-13-5-4-10(2)8-11(13)15(23)12-9-21(7-6-14(12)22)16(24)17(18,19)20/h4-5,8H,3,6-7,9H2,1-2H3. The Morgan fingerprint density at radius 1 is 1.29 bits per heavy atom. The minimum Gasteiger partial charge on any atom is -0.344 e. The highest BCUT2D eigenvalue weighted by molar-refractivity contribution is 5.83. The van der Waals surface area contributed by atoms with E-state index in [1.807, 2.05) is 30.5 Å². The second kappa shape index (κ2) is 5.65. The van der Waals surface area contributed by atoms with Crippen LogP contribution in [0.3, 0.4) is 0 Å². The molecule has 1 amide bonds. The Hall–Kier alpha value is -2.31. The molecule has 7 heteroatoms. The topological polar surface area (TPSA) is 42.3 Å². The number of carbonyl (C=O) groups excluding carboxylic acids is 1. The molecule has 0 atom stereocenters. The molecule has 3 rings (SSSR count). The van der Waals surface area contributed by atoms with E-state index in [0.717, 1.165) is 16.8 Å². The largest absolute Gasteiger partial charge is 0.471 e. The molecule has 128 valence electrons. The first-order valence-corrected chi connectivity index (χ1v) is 7.75. The Morgan fingerprint density at radius 3 is 2.62 bits per heavy atom. The average Bonchev–Trinajstić information content (AvgIpc) is 2.54. The Balaban J connectivity index is 2.18. The van der Waals surface area contributed by atoms with E-state index in [9.17, 15) is 22.8 Å². The number of amides is 1. The molecule has 1 aliphatic heterocycles. The number of carbonyl (C=O) groups is 1. The summed E-state index contributed by atoms with van der Waals surface area (Å²) in [5.74, 6) is -1.89. The first kappa shape index (κ1) is 16.5. The van der Waals surface area contributed by atoms with Crippen molar-refractivity contribution in [2.75, 3.05) is 6.54 Å². The lowest BCUT2D eigenvalue weighted by atomic mass is 10.00. The van der Waals surface area contributed by atoms with Gasteiger partial charge >= 0.3 is 12.1 Å². The number of halogens is 3. The zero-order valence-electron chi connectivity index (χ0n) is 13.4. The molecule has 0 saturated heterocycles. The van der Waals surface area contributed by atoms with E-state index in [0.29, 0.717) is 22.4 Å². The van der Waals surface area contributed by atoms with Crippen LogP contribution in [0.1, 0.15) is 23.7 Å². The molecule has 4 nitrogen and oxygen atoms in total. The Kier molecular flexibility index (Phi) is 3.89. The lowest BCUT2D eigenvalue weighted by molar-refractivity contribution is -0.186. The minimum atomic E-state index is -4.92. The highest BCUT2D eigenvalue weighted by Gasteiger charge is 2.43. The maximum atomic E-state index is 12.8. The third-order valence-corrected chi connectivity index (χ3v) is 4.45. The van der Waals surface area contributed by atoms with Gasteiger partial charge in [-0.05, 0) is 26.0 Å². The van der Waals surface area contributed by atoms with Crippen molar-refractivity contribution in [2.24, 2.45) is 0 Å². The van der Waals surface area contributed by atoms with Crippen molar-refractivity contribution in [3.8, 4) is 0 Å². The zero-order chi connectivity index (χ0) is 17.6. The number of fused-ring (bicyclic) bond motifs is 2. The molecule has 0 fully saturated rings. The molecule has 0 spiro atoms. The molecule has 0 unspecified atom stereocenters. The highest BCUT2D eigenvalue weighted by Crippen LogP contribution is 2.26. The molecule has 1 aromatic carbocycles. The van der Waals surface area contributed by atoms with Crippen LogP contribution in [0, 0.1) is 6.92 Å². The maximum absolute atomic E-state index is 12.8. The highest BCUT2D eigenvalue weighted by atomic mass is 19.4.